The number of halogens is 3. The zero-order chi connectivity index (χ0) is 8.04. The number of hydrogen-bond acceptors (Lipinski definition) is 2. The Labute approximate surface area is 57.0 Å². The lowest BCUT2D eigenvalue weighted by Crippen LogP contribution is -2.24. The van der Waals surface area contributed by atoms with Crippen LogP contribution in [0, 0.1) is 0 Å². The molecule has 0 atom stereocenters. The molecule has 10 heavy (non-hydrogen) atoms. The maximum Gasteiger partial charge on any atom is 0.390 e. The first-order valence-electron chi connectivity index (χ1n) is 2.94. The summed E-state index contributed by atoms with van der Waals surface area (Å²) in [5, 5.41) is 10.6. The second-order valence-corrected chi connectivity index (χ2v) is 1.84. The summed E-state index contributed by atoms with van der Waals surface area (Å²) in [6.07, 6.45) is -4.94. The molecule has 0 amide bonds. The third-order valence-corrected chi connectivity index (χ3v) is 0.874. The molecule has 5 heteroatoms. The summed E-state index contributed by atoms with van der Waals surface area (Å²) in [4.78, 5) is 0. The van der Waals surface area contributed by atoms with Crippen molar-refractivity contribution >= 4 is 0 Å². The van der Waals surface area contributed by atoms with Crippen LogP contribution in [0.4, 0.5) is 13.2 Å². The minimum Gasteiger partial charge on any atom is -0.395 e. The van der Waals surface area contributed by atoms with Crippen molar-refractivity contribution in [2.45, 2.75) is 12.6 Å². The predicted molar refractivity (Wildman–Crippen MR) is 30.6 cm³/mol. The van der Waals surface area contributed by atoms with Gasteiger partial charge in [-0.2, -0.15) is 13.2 Å². The summed E-state index contributed by atoms with van der Waals surface area (Å²) in [6.45, 7) is -0.0298. The van der Waals surface area contributed by atoms with Gasteiger partial charge < -0.3 is 10.4 Å². The summed E-state index contributed by atoms with van der Waals surface area (Å²) >= 11 is 0. The largest absolute Gasteiger partial charge is 0.395 e. The van der Waals surface area contributed by atoms with Gasteiger partial charge in [-0.15, -0.1) is 0 Å². The Hall–Kier alpha value is -0.290. The van der Waals surface area contributed by atoms with Crippen molar-refractivity contribution in [3.8, 4) is 0 Å². The van der Waals surface area contributed by atoms with Gasteiger partial charge in [0.05, 0.1) is 13.0 Å². The van der Waals surface area contributed by atoms with Crippen LogP contribution in [0.2, 0.25) is 0 Å². The van der Waals surface area contributed by atoms with Gasteiger partial charge in [-0.25, -0.2) is 0 Å². The summed E-state index contributed by atoms with van der Waals surface area (Å²) in [7, 11) is 0. The number of hydrogen-bond donors (Lipinski definition) is 2. The molecule has 0 spiro atoms. The highest BCUT2D eigenvalue weighted by atomic mass is 19.4. The van der Waals surface area contributed by atoms with Gasteiger partial charge >= 0.3 is 6.18 Å². The molecule has 0 aromatic rings. The second-order valence-electron chi connectivity index (χ2n) is 1.84. The molecule has 2 nitrogen and oxygen atoms in total. The van der Waals surface area contributed by atoms with Crippen molar-refractivity contribution in [1.82, 2.24) is 5.32 Å². The van der Waals surface area contributed by atoms with E-state index >= 15 is 0 Å². The van der Waals surface area contributed by atoms with E-state index in [0.717, 1.165) is 0 Å². The molecule has 2 N–H and O–H groups in total. The van der Waals surface area contributed by atoms with Gasteiger partial charge in [0.2, 0.25) is 0 Å². The molecule has 0 saturated carbocycles. The highest BCUT2D eigenvalue weighted by molar-refractivity contribution is 4.53. The van der Waals surface area contributed by atoms with Gasteiger partial charge in [-0.3, -0.25) is 0 Å². The van der Waals surface area contributed by atoms with Gasteiger partial charge in [-0.05, 0) is 0 Å². The maximum atomic E-state index is 11.4. The standard InChI is InChI=1S/C5H10F3NO/c6-5(7,8)1-2-9-3-4-10/h9-10H,1-4H2. The van der Waals surface area contributed by atoms with Gasteiger partial charge in [0, 0.05) is 13.1 Å². The van der Waals surface area contributed by atoms with Crippen molar-refractivity contribution in [2.24, 2.45) is 0 Å². The van der Waals surface area contributed by atoms with Crippen molar-refractivity contribution in [2.75, 3.05) is 19.7 Å². The zero-order valence-corrected chi connectivity index (χ0v) is 5.41. The van der Waals surface area contributed by atoms with Crippen LogP contribution in [0.5, 0.6) is 0 Å². The highest BCUT2D eigenvalue weighted by Crippen LogP contribution is 2.17. The van der Waals surface area contributed by atoms with Crippen LogP contribution in [-0.2, 0) is 0 Å². The molecule has 0 aromatic carbocycles. The molecule has 0 fully saturated rings. The van der Waals surface area contributed by atoms with Gasteiger partial charge in [0.15, 0.2) is 0 Å². The molecular weight excluding hydrogens is 147 g/mol. The molecule has 0 saturated heterocycles. The summed E-state index contributed by atoms with van der Waals surface area (Å²) in [5.74, 6) is 0. The van der Waals surface area contributed by atoms with Crippen molar-refractivity contribution in [3.63, 3.8) is 0 Å². The monoisotopic (exact) mass is 157 g/mol. The smallest absolute Gasteiger partial charge is 0.390 e. The van der Waals surface area contributed by atoms with Gasteiger partial charge in [-0.1, -0.05) is 0 Å². The van der Waals surface area contributed by atoms with Crippen molar-refractivity contribution < 1.29 is 18.3 Å². The number of alkyl halides is 3. The predicted octanol–water partition coefficient (Wildman–Crippen LogP) is 0.521. The topological polar surface area (TPSA) is 32.3 Å². The zero-order valence-electron chi connectivity index (χ0n) is 5.41. The van der Waals surface area contributed by atoms with Gasteiger partial charge in [0.25, 0.3) is 0 Å². The minimum atomic E-state index is -4.09. The Morgan fingerprint density at radius 2 is 1.80 bits per heavy atom. The lowest BCUT2D eigenvalue weighted by molar-refractivity contribution is -0.133. The molecule has 0 aliphatic carbocycles. The van der Waals surface area contributed by atoms with Crippen LogP contribution in [0.15, 0.2) is 0 Å². The maximum absolute atomic E-state index is 11.4. The fourth-order valence-electron chi connectivity index (χ4n) is 0.434. The molecule has 0 bridgehead atoms. The molecule has 62 valence electrons. The lowest BCUT2D eigenvalue weighted by atomic mass is 10.4. The third kappa shape index (κ3) is 7.71. The molecule has 0 aliphatic heterocycles. The van der Waals surface area contributed by atoms with Crippen LogP contribution in [0.3, 0.4) is 0 Å². The Morgan fingerprint density at radius 1 is 1.20 bits per heavy atom. The SMILES string of the molecule is OCCNCCC(F)(F)F. The second kappa shape index (κ2) is 4.51. The van der Waals surface area contributed by atoms with E-state index in [-0.39, 0.29) is 19.7 Å². The van der Waals surface area contributed by atoms with E-state index in [2.05, 4.69) is 5.32 Å². The molecule has 0 radical (unpaired) electrons. The molecule has 0 aromatic heterocycles. The summed E-state index contributed by atoms with van der Waals surface area (Å²) < 4.78 is 34.1. The first-order valence-corrected chi connectivity index (χ1v) is 2.94. The van der Waals surface area contributed by atoms with Crippen LogP contribution >= 0.6 is 0 Å². The van der Waals surface area contributed by atoms with E-state index in [1.54, 1.807) is 0 Å². The minimum absolute atomic E-state index is 0.121. The molecule has 0 unspecified atom stereocenters. The van der Waals surface area contributed by atoms with Crippen molar-refractivity contribution in [3.05, 3.63) is 0 Å². The lowest BCUT2D eigenvalue weighted by Gasteiger charge is -2.05. The average Bonchev–Trinajstić information content (AvgIpc) is 1.78. The number of aliphatic hydroxyl groups excluding tert-OH is 1. The van der Waals surface area contributed by atoms with E-state index in [1.807, 2.05) is 0 Å². The fourth-order valence-corrected chi connectivity index (χ4v) is 0.434. The molecule has 0 heterocycles. The van der Waals surface area contributed by atoms with Crippen LogP contribution in [0.25, 0.3) is 0 Å². The number of aliphatic hydroxyl groups is 1. The van der Waals surface area contributed by atoms with Gasteiger partial charge in [0.1, 0.15) is 0 Å². The van der Waals surface area contributed by atoms with E-state index in [4.69, 9.17) is 5.11 Å². The fraction of sp³-hybridized carbons (Fsp3) is 1.00. The Kier molecular flexibility index (Phi) is 4.38. The van der Waals surface area contributed by atoms with E-state index in [0.29, 0.717) is 0 Å². The van der Waals surface area contributed by atoms with E-state index < -0.39 is 12.6 Å². The third-order valence-electron chi connectivity index (χ3n) is 0.874. The number of rotatable bonds is 4. The first-order chi connectivity index (χ1) is 4.56. The Morgan fingerprint density at radius 3 is 2.20 bits per heavy atom. The van der Waals surface area contributed by atoms with E-state index in [9.17, 15) is 13.2 Å². The Bertz CT molecular complexity index is 83.5. The Balaban J connectivity index is 3.04. The van der Waals surface area contributed by atoms with Crippen LogP contribution in [-0.4, -0.2) is 31.0 Å². The van der Waals surface area contributed by atoms with Crippen LogP contribution < -0.4 is 5.32 Å². The van der Waals surface area contributed by atoms with Crippen molar-refractivity contribution in [1.29, 1.82) is 0 Å². The number of nitrogens with one attached hydrogen (secondary N) is 1. The quantitative estimate of drug-likeness (QED) is 0.583. The summed E-state index contributed by atoms with van der Waals surface area (Å²) in [6, 6.07) is 0. The highest BCUT2D eigenvalue weighted by Gasteiger charge is 2.25. The van der Waals surface area contributed by atoms with Crippen LogP contribution in [0.1, 0.15) is 6.42 Å². The summed E-state index contributed by atoms with van der Waals surface area (Å²) in [5.41, 5.74) is 0. The molecule has 0 rings (SSSR count). The average molecular weight is 157 g/mol. The normalized spacial score (nSPS) is 12.0. The first kappa shape index (κ1) is 9.71. The molecular formula is C5H10F3NO. The van der Waals surface area contributed by atoms with E-state index in [1.165, 1.54) is 0 Å². The molecule has 0 aliphatic rings.